The molecule has 1 fully saturated rings. The van der Waals surface area contributed by atoms with Crippen molar-refractivity contribution in [2.75, 3.05) is 7.11 Å². The van der Waals surface area contributed by atoms with Gasteiger partial charge in [-0.2, -0.15) is 0 Å². The minimum atomic E-state index is -2.63. The Morgan fingerprint density at radius 1 is 1.17 bits per heavy atom. The number of halogens is 2. The summed E-state index contributed by atoms with van der Waals surface area (Å²) in [5.74, 6) is -1.37. The molecule has 152 valence electrons. The Labute approximate surface area is 171 Å². The molecule has 3 unspecified atom stereocenters. The van der Waals surface area contributed by atoms with Crippen molar-refractivity contribution in [2.24, 2.45) is 5.92 Å². The molecule has 0 radical (unpaired) electrons. The van der Waals surface area contributed by atoms with Gasteiger partial charge >= 0.3 is 0 Å². The van der Waals surface area contributed by atoms with E-state index in [9.17, 15) is 18.4 Å². The SMILES string of the molecule is COc1ccc2c(c1)Sc1ccccc1C2NC(=O)C1CCC(C(F)F)NC1=O. The number of carbonyl (C=O) groups excluding carboxylic acids is 2. The molecule has 2 N–H and O–H groups in total. The normalized spacial score (nSPS) is 23.0. The number of amides is 2. The number of alkyl halides is 2. The predicted octanol–water partition coefficient (Wildman–Crippen LogP) is 3.53. The quantitative estimate of drug-likeness (QED) is 0.746. The first kappa shape index (κ1) is 19.7. The van der Waals surface area contributed by atoms with E-state index in [1.54, 1.807) is 18.9 Å². The summed E-state index contributed by atoms with van der Waals surface area (Å²) in [4.78, 5) is 27.1. The number of ether oxygens (including phenoxy) is 1. The van der Waals surface area contributed by atoms with Gasteiger partial charge in [-0.05, 0) is 42.2 Å². The minimum absolute atomic E-state index is 0.0758. The highest BCUT2D eigenvalue weighted by Crippen LogP contribution is 2.46. The predicted molar refractivity (Wildman–Crippen MR) is 104 cm³/mol. The lowest BCUT2D eigenvalue weighted by molar-refractivity contribution is -0.139. The van der Waals surface area contributed by atoms with E-state index in [2.05, 4.69) is 10.6 Å². The molecule has 3 atom stereocenters. The first-order chi connectivity index (χ1) is 14.0. The third kappa shape index (κ3) is 3.81. The summed E-state index contributed by atoms with van der Waals surface area (Å²) in [5, 5.41) is 5.24. The van der Waals surface area contributed by atoms with Crippen LogP contribution in [0.5, 0.6) is 5.75 Å². The number of nitrogens with one attached hydrogen (secondary N) is 2. The molecule has 0 spiro atoms. The van der Waals surface area contributed by atoms with Crippen molar-refractivity contribution in [3.8, 4) is 5.75 Å². The topological polar surface area (TPSA) is 67.4 Å². The van der Waals surface area contributed by atoms with Crippen LogP contribution in [0.1, 0.15) is 30.0 Å². The van der Waals surface area contributed by atoms with Gasteiger partial charge < -0.3 is 15.4 Å². The van der Waals surface area contributed by atoms with E-state index >= 15 is 0 Å². The lowest BCUT2D eigenvalue weighted by atomic mass is 9.91. The van der Waals surface area contributed by atoms with Gasteiger partial charge in [-0.1, -0.05) is 36.0 Å². The molecule has 2 heterocycles. The first-order valence-corrected chi connectivity index (χ1v) is 10.1. The monoisotopic (exact) mass is 418 g/mol. The Kier molecular flexibility index (Phi) is 5.45. The molecule has 0 aliphatic carbocycles. The van der Waals surface area contributed by atoms with Gasteiger partial charge in [0.2, 0.25) is 11.8 Å². The Morgan fingerprint density at radius 3 is 2.66 bits per heavy atom. The molecule has 2 aromatic rings. The van der Waals surface area contributed by atoms with Crippen molar-refractivity contribution in [2.45, 2.75) is 41.1 Å². The van der Waals surface area contributed by atoms with E-state index in [4.69, 9.17) is 4.74 Å². The van der Waals surface area contributed by atoms with Crippen molar-refractivity contribution in [1.82, 2.24) is 10.6 Å². The Morgan fingerprint density at radius 2 is 1.93 bits per heavy atom. The van der Waals surface area contributed by atoms with E-state index < -0.39 is 36.2 Å². The number of fused-ring (bicyclic) bond motifs is 2. The molecule has 5 nitrogen and oxygen atoms in total. The van der Waals surface area contributed by atoms with E-state index in [0.29, 0.717) is 5.75 Å². The zero-order valence-electron chi connectivity index (χ0n) is 15.7. The van der Waals surface area contributed by atoms with Crippen molar-refractivity contribution >= 4 is 23.6 Å². The summed E-state index contributed by atoms with van der Waals surface area (Å²) in [6.45, 7) is 0. The molecule has 2 aromatic carbocycles. The van der Waals surface area contributed by atoms with Gasteiger partial charge in [0.1, 0.15) is 11.7 Å². The molecule has 0 saturated carbocycles. The molecule has 29 heavy (non-hydrogen) atoms. The lowest BCUT2D eigenvalue weighted by Crippen LogP contribution is -2.52. The van der Waals surface area contributed by atoms with Crippen LogP contribution in [-0.2, 0) is 9.59 Å². The van der Waals surface area contributed by atoms with Crippen LogP contribution < -0.4 is 15.4 Å². The first-order valence-electron chi connectivity index (χ1n) is 9.31. The summed E-state index contributed by atoms with van der Waals surface area (Å²) in [6, 6.07) is 11.8. The fourth-order valence-corrected chi connectivity index (χ4v) is 4.90. The van der Waals surface area contributed by atoms with Gasteiger partial charge in [0, 0.05) is 9.79 Å². The van der Waals surface area contributed by atoms with Crippen LogP contribution in [0.25, 0.3) is 0 Å². The van der Waals surface area contributed by atoms with Gasteiger partial charge in [0.05, 0.1) is 19.2 Å². The number of carbonyl (C=O) groups is 2. The van der Waals surface area contributed by atoms with Crippen LogP contribution in [0.4, 0.5) is 8.78 Å². The van der Waals surface area contributed by atoms with Crippen molar-refractivity contribution in [1.29, 1.82) is 0 Å². The van der Waals surface area contributed by atoms with Crippen molar-refractivity contribution in [3.63, 3.8) is 0 Å². The zero-order valence-corrected chi connectivity index (χ0v) is 16.5. The number of hydrogen-bond acceptors (Lipinski definition) is 4. The van der Waals surface area contributed by atoms with Gasteiger partial charge in [-0.3, -0.25) is 9.59 Å². The molecule has 4 rings (SSSR count). The van der Waals surface area contributed by atoms with E-state index in [1.165, 1.54) is 0 Å². The van der Waals surface area contributed by atoms with Gasteiger partial charge in [0.25, 0.3) is 6.43 Å². The zero-order chi connectivity index (χ0) is 20.5. The Bertz CT molecular complexity index is 953. The van der Waals surface area contributed by atoms with Crippen LogP contribution in [0.3, 0.4) is 0 Å². The minimum Gasteiger partial charge on any atom is -0.497 e. The van der Waals surface area contributed by atoms with Gasteiger partial charge in [0.15, 0.2) is 0 Å². The number of benzene rings is 2. The summed E-state index contributed by atoms with van der Waals surface area (Å²) < 4.78 is 31.0. The third-order valence-electron chi connectivity index (χ3n) is 5.30. The second-order valence-electron chi connectivity index (χ2n) is 7.06. The summed E-state index contributed by atoms with van der Waals surface area (Å²) >= 11 is 1.59. The molecule has 1 saturated heterocycles. The summed E-state index contributed by atoms with van der Waals surface area (Å²) in [7, 11) is 1.59. The van der Waals surface area contributed by atoms with Crippen LogP contribution in [-0.4, -0.2) is 31.4 Å². The number of hydrogen-bond donors (Lipinski definition) is 2. The second-order valence-corrected chi connectivity index (χ2v) is 8.15. The maximum atomic E-state index is 12.9. The summed E-state index contributed by atoms with van der Waals surface area (Å²) in [6.07, 6.45) is -2.45. The highest BCUT2D eigenvalue weighted by atomic mass is 32.2. The molecule has 0 bridgehead atoms. The molecular formula is C21H20F2N2O3S. The van der Waals surface area contributed by atoms with Crippen LogP contribution in [0.2, 0.25) is 0 Å². The fourth-order valence-electron chi connectivity index (χ4n) is 3.74. The van der Waals surface area contributed by atoms with Gasteiger partial charge in [-0.25, -0.2) is 8.78 Å². The van der Waals surface area contributed by atoms with E-state index in [0.717, 1.165) is 20.9 Å². The lowest BCUT2D eigenvalue weighted by Gasteiger charge is -2.32. The second kappa shape index (κ2) is 8.02. The van der Waals surface area contributed by atoms with E-state index in [-0.39, 0.29) is 12.8 Å². The average Bonchev–Trinajstić information content (AvgIpc) is 2.72. The third-order valence-corrected chi connectivity index (χ3v) is 6.46. The molecular weight excluding hydrogens is 398 g/mol. The highest BCUT2D eigenvalue weighted by Gasteiger charge is 2.38. The molecule has 2 aliphatic heterocycles. The Balaban J connectivity index is 1.60. The maximum absolute atomic E-state index is 12.9. The molecule has 2 aliphatic rings. The number of piperidine rings is 1. The van der Waals surface area contributed by atoms with Gasteiger partial charge in [-0.15, -0.1) is 0 Å². The van der Waals surface area contributed by atoms with Crippen molar-refractivity contribution in [3.05, 3.63) is 53.6 Å². The maximum Gasteiger partial charge on any atom is 0.258 e. The fraction of sp³-hybridized carbons (Fsp3) is 0.333. The smallest absolute Gasteiger partial charge is 0.258 e. The van der Waals surface area contributed by atoms with E-state index in [1.807, 2.05) is 42.5 Å². The standard InChI is InChI=1S/C21H20F2N2O3S/c1-28-11-6-7-13-17(10-11)29-16-5-3-2-4-12(16)18(13)25-21(27)14-8-9-15(19(22)23)24-20(14)26/h2-7,10,14-15,18-19H,8-9H2,1H3,(H,24,26)(H,25,27). The van der Waals surface area contributed by atoms with Crippen LogP contribution >= 0.6 is 11.8 Å². The molecule has 8 heteroatoms. The molecule has 2 amide bonds. The summed E-state index contributed by atoms with van der Waals surface area (Å²) in [5.41, 5.74) is 1.84. The highest BCUT2D eigenvalue weighted by molar-refractivity contribution is 7.99. The largest absolute Gasteiger partial charge is 0.497 e. The van der Waals surface area contributed by atoms with Crippen LogP contribution in [0, 0.1) is 5.92 Å². The number of rotatable bonds is 4. The Hall–Kier alpha value is -2.61. The average molecular weight is 418 g/mol. The van der Waals surface area contributed by atoms with Crippen LogP contribution in [0.15, 0.2) is 52.3 Å². The number of methoxy groups -OCH3 is 1. The van der Waals surface area contributed by atoms with Crippen molar-refractivity contribution < 1.29 is 23.1 Å². The molecule has 0 aromatic heterocycles.